The van der Waals surface area contributed by atoms with Crippen molar-refractivity contribution >= 4 is 55.6 Å². The van der Waals surface area contributed by atoms with E-state index in [1.165, 1.54) is 11.3 Å². The number of halogens is 2. The quantitative estimate of drug-likeness (QED) is 0.557. The van der Waals surface area contributed by atoms with Gasteiger partial charge in [0.25, 0.3) is 5.91 Å². The lowest BCUT2D eigenvalue weighted by molar-refractivity contribution is 0.0999. The van der Waals surface area contributed by atoms with Crippen LogP contribution < -0.4 is 4.90 Å². The van der Waals surface area contributed by atoms with Gasteiger partial charge in [-0.2, -0.15) is 0 Å². The number of aryl methyl sites for hydroxylation is 1. The van der Waals surface area contributed by atoms with Crippen molar-refractivity contribution in [2.75, 3.05) is 4.90 Å². The third-order valence-electron chi connectivity index (χ3n) is 3.05. The average molecular weight is 409 g/mol. The minimum atomic E-state index is -0.274. The number of pyridine rings is 1. The molecule has 0 aliphatic carbocycles. The molecule has 0 unspecified atom stereocenters. The van der Waals surface area contributed by atoms with E-state index in [0.717, 1.165) is 11.4 Å². The van der Waals surface area contributed by atoms with E-state index in [9.17, 15) is 4.79 Å². The fourth-order valence-electron chi connectivity index (χ4n) is 2.03. The number of benzene rings is 1. The van der Waals surface area contributed by atoms with Gasteiger partial charge in [-0.1, -0.05) is 29.8 Å². The van der Waals surface area contributed by atoms with Crippen LogP contribution in [0.3, 0.4) is 0 Å². The van der Waals surface area contributed by atoms with E-state index in [2.05, 4.69) is 25.9 Å². The number of hydrogen-bond acceptors (Lipinski definition) is 4. The zero-order chi connectivity index (χ0) is 16.4. The number of carbonyl (C=O) groups is 1. The Morgan fingerprint density at radius 1 is 1.30 bits per heavy atom. The van der Waals surface area contributed by atoms with Crippen molar-refractivity contribution in [1.82, 2.24) is 9.97 Å². The van der Waals surface area contributed by atoms with Crippen LogP contribution in [0, 0.1) is 6.92 Å². The largest absolute Gasteiger partial charge is 0.268 e. The van der Waals surface area contributed by atoms with Crippen molar-refractivity contribution in [2.24, 2.45) is 0 Å². The standard InChI is InChI=1S/C16H11BrClN3OS/c1-10-9-23-16(20-10)21(12-5-3-2-4-6-12)15(22)13-7-11(17)8-19-14(13)18/h2-9H,1H3. The van der Waals surface area contributed by atoms with E-state index in [1.54, 1.807) is 17.2 Å². The third kappa shape index (κ3) is 3.44. The van der Waals surface area contributed by atoms with Gasteiger partial charge in [0.2, 0.25) is 0 Å². The summed E-state index contributed by atoms with van der Waals surface area (Å²) in [5, 5.41) is 2.65. The number of rotatable bonds is 3. The normalized spacial score (nSPS) is 10.6. The molecular formula is C16H11BrClN3OS. The Bertz CT molecular complexity index is 854. The molecule has 4 nitrogen and oxygen atoms in total. The van der Waals surface area contributed by atoms with Gasteiger partial charge in [0.1, 0.15) is 5.15 Å². The Morgan fingerprint density at radius 3 is 2.70 bits per heavy atom. The van der Waals surface area contributed by atoms with Crippen LogP contribution in [0.5, 0.6) is 0 Å². The summed E-state index contributed by atoms with van der Waals surface area (Å²) >= 11 is 10.8. The molecule has 0 bridgehead atoms. The maximum absolute atomic E-state index is 13.1. The monoisotopic (exact) mass is 407 g/mol. The van der Waals surface area contributed by atoms with Crippen molar-refractivity contribution in [3.05, 3.63) is 68.9 Å². The summed E-state index contributed by atoms with van der Waals surface area (Å²) < 4.78 is 0.689. The number of aromatic nitrogens is 2. The summed E-state index contributed by atoms with van der Waals surface area (Å²) in [6, 6.07) is 11.0. The van der Waals surface area contributed by atoms with E-state index >= 15 is 0 Å². The van der Waals surface area contributed by atoms with Crippen LogP contribution >= 0.6 is 38.9 Å². The van der Waals surface area contributed by atoms with E-state index in [0.29, 0.717) is 15.2 Å². The molecule has 0 fully saturated rings. The van der Waals surface area contributed by atoms with Gasteiger partial charge < -0.3 is 0 Å². The fourth-order valence-corrected chi connectivity index (χ4v) is 3.36. The molecule has 2 heterocycles. The molecule has 0 saturated carbocycles. The summed E-state index contributed by atoms with van der Waals surface area (Å²) in [7, 11) is 0. The van der Waals surface area contributed by atoms with Crippen LogP contribution in [0.1, 0.15) is 16.1 Å². The first-order chi connectivity index (χ1) is 11.1. The highest BCUT2D eigenvalue weighted by Crippen LogP contribution is 2.31. The van der Waals surface area contributed by atoms with Crippen molar-refractivity contribution in [3.8, 4) is 0 Å². The third-order valence-corrected chi connectivity index (χ3v) is 4.73. The predicted molar refractivity (Wildman–Crippen MR) is 96.7 cm³/mol. The van der Waals surface area contributed by atoms with Gasteiger partial charge in [0.15, 0.2) is 5.13 Å². The van der Waals surface area contributed by atoms with Crippen molar-refractivity contribution in [1.29, 1.82) is 0 Å². The molecule has 0 spiro atoms. The van der Waals surface area contributed by atoms with E-state index in [-0.39, 0.29) is 11.1 Å². The first-order valence-corrected chi connectivity index (χ1v) is 8.74. The Hall–Kier alpha value is -1.76. The average Bonchev–Trinajstić information content (AvgIpc) is 2.97. The number of amides is 1. The van der Waals surface area contributed by atoms with Crippen molar-refractivity contribution in [3.63, 3.8) is 0 Å². The number of nitrogens with zero attached hydrogens (tertiary/aromatic N) is 3. The SMILES string of the molecule is Cc1csc(N(C(=O)c2cc(Br)cnc2Cl)c2ccccc2)n1. The van der Waals surface area contributed by atoms with Crippen LogP contribution in [0.15, 0.2) is 52.4 Å². The highest BCUT2D eigenvalue weighted by molar-refractivity contribution is 9.10. The van der Waals surface area contributed by atoms with Gasteiger partial charge in [-0.05, 0) is 41.1 Å². The Labute approximate surface area is 150 Å². The second kappa shape index (κ2) is 6.78. The maximum Gasteiger partial charge on any atom is 0.267 e. The highest BCUT2D eigenvalue weighted by atomic mass is 79.9. The molecule has 0 aliphatic rings. The fraction of sp³-hybridized carbons (Fsp3) is 0.0625. The molecule has 0 atom stereocenters. The zero-order valence-corrected chi connectivity index (χ0v) is 15.2. The summed E-state index contributed by atoms with van der Waals surface area (Å²) in [4.78, 5) is 23.1. The Morgan fingerprint density at radius 2 is 2.04 bits per heavy atom. The first kappa shape index (κ1) is 16.1. The Kier molecular flexibility index (Phi) is 4.75. The summed E-state index contributed by atoms with van der Waals surface area (Å²) in [6.45, 7) is 1.89. The molecule has 116 valence electrons. The van der Waals surface area contributed by atoms with E-state index < -0.39 is 0 Å². The molecule has 1 aromatic carbocycles. The van der Waals surface area contributed by atoms with Gasteiger partial charge in [-0.3, -0.25) is 9.69 Å². The number of para-hydroxylation sites is 1. The van der Waals surface area contributed by atoms with Crippen LogP contribution in [0.25, 0.3) is 0 Å². The number of carbonyl (C=O) groups excluding carboxylic acids is 1. The molecule has 0 saturated heterocycles. The van der Waals surface area contributed by atoms with Gasteiger partial charge in [0.05, 0.1) is 16.9 Å². The van der Waals surface area contributed by atoms with Crippen LogP contribution in [-0.4, -0.2) is 15.9 Å². The van der Waals surface area contributed by atoms with E-state index in [4.69, 9.17) is 11.6 Å². The molecule has 2 aromatic heterocycles. The lowest BCUT2D eigenvalue weighted by Gasteiger charge is -2.20. The van der Waals surface area contributed by atoms with Crippen LogP contribution in [-0.2, 0) is 0 Å². The van der Waals surface area contributed by atoms with Gasteiger partial charge >= 0.3 is 0 Å². The molecule has 3 aromatic rings. The summed E-state index contributed by atoms with van der Waals surface area (Å²) in [5.41, 5.74) is 1.90. The lowest BCUT2D eigenvalue weighted by atomic mass is 10.2. The number of thiazole rings is 1. The Balaban J connectivity index is 2.12. The van der Waals surface area contributed by atoms with Gasteiger partial charge in [-0.15, -0.1) is 11.3 Å². The van der Waals surface area contributed by atoms with Gasteiger partial charge in [0, 0.05) is 16.0 Å². The number of hydrogen-bond donors (Lipinski definition) is 0. The molecule has 7 heteroatoms. The van der Waals surface area contributed by atoms with E-state index in [1.807, 2.05) is 42.6 Å². The van der Waals surface area contributed by atoms with Crippen LogP contribution in [0.4, 0.5) is 10.8 Å². The summed E-state index contributed by atoms with van der Waals surface area (Å²) in [6.07, 6.45) is 1.56. The smallest absolute Gasteiger partial charge is 0.267 e. The predicted octanol–water partition coefficient (Wildman–Crippen LogP) is 5.24. The maximum atomic E-state index is 13.1. The lowest BCUT2D eigenvalue weighted by Crippen LogP contribution is -2.26. The zero-order valence-electron chi connectivity index (χ0n) is 12.0. The molecule has 0 N–H and O–H groups in total. The minimum absolute atomic E-state index is 0.160. The molecular weight excluding hydrogens is 398 g/mol. The highest BCUT2D eigenvalue weighted by Gasteiger charge is 2.25. The first-order valence-electron chi connectivity index (χ1n) is 6.69. The van der Waals surface area contributed by atoms with Crippen LogP contribution in [0.2, 0.25) is 5.15 Å². The summed E-state index contributed by atoms with van der Waals surface area (Å²) in [5.74, 6) is -0.274. The topological polar surface area (TPSA) is 46.1 Å². The number of anilines is 2. The van der Waals surface area contributed by atoms with Gasteiger partial charge in [-0.25, -0.2) is 9.97 Å². The second-order valence-corrected chi connectivity index (χ2v) is 6.85. The minimum Gasteiger partial charge on any atom is -0.268 e. The van der Waals surface area contributed by atoms with Crippen molar-refractivity contribution < 1.29 is 4.79 Å². The molecule has 0 aliphatic heterocycles. The molecule has 23 heavy (non-hydrogen) atoms. The molecule has 3 rings (SSSR count). The molecule has 1 amide bonds. The molecule has 0 radical (unpaired) electrons. The van der Waals surface area contributed by atoms with Crippen molar-refractivity contribution in [2.45, 2.75) is 6.92 Å². The second-order valence-electron chi connectivity index (χ2n) is 4.74.